The summed E-state index contributed by atoms with van der Waals surface area (Å²) in [4.78, 5) is 36.5. The minimum atomic E-state index is -1.43. The molecule has 1 aromatic carbocycles. The maximum atomic E-state index is 12.3. The van der Waals surface area contributed by atoms with Crippen LogP contribution in [0.15, 0.2) is 12.1 Å². The Kier molecular flexibility index (Phi) is 5.91. The first kappa shape index (κ1) is 19.4. The molecule has 2 unspecified atom stereocenters. The monoisotopic (exact) mass is 368 g/mol. The van der Waals surface area contributed by atoms with Gasteiger partial charge in [-0.15, -0.1) is 0 Å². The third-order valence-electron chi connectivity index (χ3n) is 4.15. The van der Waals surface area contributed by atoms with E-state index in [1.807, 2.05) is 0 Å². The first-order valence-corrected chi connectivity index (χ1v) is 7.60. The molecule has 0 amide bonds. The number of ether oxygens (including phenoxy) is 6. The average Bonchev–Trinajstić information content (AvgIpc) is 3.01. The zero-order chi connectivity index (χ0) is 19.4. The van der Waals surface area contributed by atoms with E-state index in [0.29, 0.717) is 11.3 Å². The zero-order valence-electron chi connectivity index (χ0n) is 15.1. The Morgan fingerprint density at radius 2 is 1.50 bits per heavy atom. The molecule has 0 spiro atoms. The van der Waals surface area contributed by atoms with Gasteiger partial charge in [0.15, 0.2) is 17.4 Å². The standard InChI is InChI=1S/C17H20O9/c1-21-9-7-6-8(13(22-2)14(9)23-3)12-10(15(18)24-4)11(16(19)25-5)17(20)26-12/h6-7,10-12H,1-5H3/t10?,11?,12-/m0/s1. The fraction of sp³-hybridized carbons (Fsp3) is 0.471. The molecule has 142 valence electrons. The van der Waals surface area contributed by atoms with Gasteiger partial charge in [-0.25, -0.2) is 0 Å². The van der Waals surface area contributed by atoms with Crippen molar-refractivity contribution < 1.29 is 42.8 Å². The number of cyclic esters (lactones) is 1. The second-order valence-electron chi connectivity index (χ2n) is 5.33. The number of carbonyl (C=O) groups excluding carboxylic acids is 3. The van der Waals surface area contributed by atoms with Gasteiger partial charge >= 0.3 is 17.9 Å². The molecule has 0 aromatic heterocycles. The van der Waals surface area contributed by atoms with Gasteiger partial charge < -0.3 is 28.4 Å². The van der Waals surface area contributed by atoms with Crippen LogP contribution in [-0.2, 0) is 28.6 Å². The Bertz CT molecular complexity index is 712. The smallest absolute Gasteiger partial charge is 0.322 e. The summed E-state index contributed by atoms with van der Waals surface area (Å²) in [7, 11) is 6.54. The van der Waals surface area contributed by atoms with Gasteiger partial charge in [0.25, 0.3) is 0 Å². The molecule has 1 fully saturated rings. The highest BCUT2D eigenvalue weighted by Gasteiger charge is 2.55. The lowest BCUT2D eigenvalue weighted by Crippen LogP contribution is -2.33. The molecule has 1 aromatic rings. The highest BCUT2D eigenvalue weighted by atomic mass is 16.6. The third kappa shape index (κ3) is 3.12. The van der Waals surface area contributed by atoms with Crippen molar-refractivity contribution in [1.29, 1.82) is 0 Å². The van der Waals surface area contributed by atoms with Crippen molar-refractivity contribution in [3.05, 3.63) is 17.7 Å². The largest absolute Gasteiger partial charge is 0.493 e. The number of benzene rings is 1. The lowest BCUT2D eigenvalue weighted by atomic mass is 9.86. The highest BCUT2D eigenvalue weighted by Crippen LogP contribution is 2.49. The van der Waals surface area contributed by atoms with Gasteiger partial charge in [-0.1, -0.05) is 0 Å². The zero-order valence-corrected chi connectivity index (χ0v) is 15.1. The number of rotatable bonds is 6. The first-order valence-electron chi connectivity index (χ1n) is 7.60. The SMILES string of the molecule is COC(=O)C1C(=O)O[C@@H](c2ccc(OC)c(OC)c2OC)C1C(=O)OC. The third-order valence-corrected chi connectivity index (χ3v) is 4.15. The lowest BCUT2D eigenvalue weighted by molar-refractivity contribution is -0.159. The number of esters is 3. The average molecular weight is 368 g/mol. The highest BCUT2D eigenvalue weighted by molar-refractivity contribution is 6.01. The second kappa shape index (κ2) is 7.94. The molecule has 1 aliphatic rings. The van der Waals surface area contributed by atoms with E-state index in [-0.39, 0.29) is 11.5 Å². The summed E-state index contributed by atoms with van der Waals surface area (Å²) in [5.41, 5.74) is 0.334. The molecule has 9 heteroatoms. The molecular weight excluding hydrogens is 348 g/mol. The predicted octanol–water partition coefficient (Wildman–Crippen LogP) is 0.889. The Morgan fingerprint density at radius 3 is 2.00 bits per heavy atom. The van der Waals surface area contributed by atoms with Crippen molar-refractivity contribution in [2.45, 2.75) is 6.10 Å². The van der Waals surface area contributed by atoms with E-state index in [2.05, 4.69) is 4.74 Å². The van der Waals surface area contributed by atoms with Gasteiger partial charge in [0.05, 0.1) is 35.5 Å². The molecule has 1 aliphatic heterocycles. The van der Waals surface area contributed by atoms with Gasteiger partial charge in [0.1, 0.15) is 12.0 Å². The predicted molar refractivity (Wildman–Crippen MR) is 85.9 cm³/mol. The molecule has 0 bridgehead atoms. The van der Waals surface area contributed by atoms with Gasteiger partial charge in [0, 0.05) is 5.56 Å². The second-order valence-corrected chi connectivity index (χ2v) is 5.33. The van der Waals surface area contributed by atoms with Crippen molar-refractivity contribution in [3.63, 3.8) is 0 Å². The van der Waals surface area contributed by atoms with Gasteiger partial charge in [-0.3, -0.25) is 14.4 Å². The number of methoxy groups -OCH3 is 5. The van der Waals surface area contributed by atoms with Crippen LogP contribution in [0.2, 0.25) is 0 Å². The van der Waals surface area contributed by atoms with E-state index in [1.165, 1.54) is 21.3 Å². The summed E-state index contributed by atoms with van der Waals surface area (Å²) in [5, 5.41) is 0. The topological polar surface area (TPSA) is 107 Å². The summed E-state index contributed by atoms with van der Waals surface area (Å²) in [6, 6.07) is 3.14. The van der Waals surface area contributed by atoms with Crippen LogP contribution in [0.3, 0.4) is 0 Å². The van der Waals surface area contributed by atoms with Crippen molar-refractivity contribution >= 4 is 17.9 Å². The molecule has 3 atom stereocenters. The van der Waals surface area contributed by atoms with E-state index >= 15 is 0 Å². The van der Waals surface area contributed by atoms with Crippen molar-refractivity contribution in [1.82, 2.24) is 0 Å². The van der Waals surface area contributed by atoms with Crippen LogP contribution in [0.1, 0.15) is 11.7 Å². The quantitative estimate of drug-likeness (QED) is 0.411. The number of carbonyl (C=O) groups is 3. The Balaban J connectivity index is 2.60. The minimum absolute atomic E-state index is 0.212. The molecule has 0 radical (unpaired) electrons. The molecular formula is C17H20O9. The Labute approximate surface area is 150 Å². The Hall–Kier alpha value is -2.97. The van der Waals surface area contributed by atoms with Gasteiger partial charge in [0.2, 0.25) is 5.75 Å². The van der Waals surface area contributed by atoms with Crippen LogP contribution in [0.25, 0.3) is 0 Å². The van der Waals surface area contributed by atoms with Crippen LogP contribution >= 0.6 is 0 Å². The van der Waals surface area contributed by atoms with E-state index in [0.717, 1.165) is 14.2 Å². The summed E-state index contributed by atoms with van der Waals surface area (Å²) >= 11 is 0. The number of hydrogen-bond donors (Lipinski definition) is 0. The number of hydrogen-bond acceptors (Lipinski definition) is 9. The molecule has 1 saturated heterocycles. The van der Waals surface area contributed by atoms with Crippen molar-refractivity contribution in [2.24, 2.45) is 11.8 Å². The van der Waals surface area contributed by atoms with Gasteiger partial charge in [-0.05, 0) is 12.1 Å². The fourth-order valence-corrected chi connectivity index (χ4v) is 2.96. The van der Waals surface area contributed by atoms with Crippen molar-refractivity contribution in [2.75, 3.05) is 35.5 Å². The molecule has 0 saturated carbocycles. The van der Waals surface area contributed by atoms with Crippen LogP contribution in [0, 0.1) is 11.8 Å². The minimum Gasteiger partial charge on any atom is -0.493 e. The molecule has 26 heavy (non-hydrogen) atoms. The maximum absolute atomic E-state index is 12.3. The lowest BCUT2D eigenvalue weighted by Gasteiger charge is -2.22. The van der Waals surface area contributed by atoms with Crippen LogP contribution < -0.4 is 14.2 Å². The normalized spacial score (nSPS) is 21.6. The summed E-state index contributed by atoms with van der Waals surface area (Å²) in [6.45, 7) is 0. The Morgan fingerprint density at radius 1 is 0.885 bits per heavy atom. The van der Waals surface area contributed by atoms with Gasteiger partial charge in [-0.2, -0.15) is 0 Å². The van der Waals surface area contributed by atoms with Crippen molar-refractivity contribution in [3.8, 4) is 17.2 Å². The first-order chi connectivity index (χ1) is 12.4. The molecule has 2 rings (SSSR count). The maximum Gasteiger partial charge on any atom is 0.322 e. The van der Waals surface area contributed by atoms with Crippen LogP contribution in [0.4, 0.5) is 0 Å². The molecule has 1 heterocycles. The summed E-state index contributed by atoms with van der Waals surface area (Å²) in [5.74, 6) is -4.36. The van der Waals surface area contributed by atoms with E-state index in [4.69, 9.17) is 23.7 Å². The van der Waals surface area contributed by atoms with Crippen LogP contribution in [0.5, 0.6) is 17.2 Å². The van der Waals surface area contributed by atoms with E-state index in [9.17, 15) is 14.4 Å². The fourth-order valence-electron chi connectivity index (χ4n) is 2.96. The molecule has 9 nitrogen and oxygen atoms in total. The van der Waals surface area contributed by atoms with E-state index in [1.54, 1.807) is 12.1 Å². The summed E-state index contributed by atoms with van der Waals surface area (Å²) < 4.78 is 30.6. The van der Waals surface area contributed by atoms with Crippen LogP contribution in [-0.4, -0.2) is 53.5 Å². The van der Waals surface area contributed by atoms with E-state index < -0.39 is 35.8 Å². The molecule has 0 aliphatic carbocycles. The molecule has 0 N–H and O–H groups in total. The summed E-state index contributed by atoms with van der Waals surface area (Å²) in [6.07, 6.45) is -1.12.